The van der Waals surface area contributed by atoms with E-state index in [1.807, 2.05) is 18.6 Å². The monoisotopic (exact) mass is 227 g/mol. The molecule has 1 aromatic heterocycles. The Hall–Kier alpha value is -0.980. The molecule has 2 unspecified atom stereocenters. The zero-order chi connectivity index (χ0) is 10.8. The second-order valence-corrected chi connectivity index (χ2v) is 4.47. The van der Waals surface area contributed by atoms with Gasteiger partial charge >= 0.3 is 0 Å². The summed E-state index contributed by atoms with van der Waals surface area (Å²) in [5.74, 6) is -0.204. The molecule has 1 aromatic rings. The van der Waals surface area contributed by atoms with E-state index in [1.165, 1.54) is 11.3 Å². The summed E-state index contributed by atoms with van der Waals surface area (Å²) in [5, 5.41) is 14.1. The molecular formula is C9H13N3O2S. The molecule has 1 saturated heterocycles. The van der Waals surface area contributed by atoms with Crippen LogP contribution in [0, 0.1) is 0 Å². The third-order valence-corrected chi connectivity index (χ3v) is 3.22. The van der Waals surface area contributed by atoms with Crippen LogP contribution in [0.5, 0.6) is 0 Å². The van der Waals surface area contributed by atoms with Crippen molar-refractivity contribution in [2.75, 3.05) is 6.54 Å². The molecule has 1 amide bonds. The molecule has 0 aromatic carbocycles. The van der Waals surface area contributed by atoms with Crippen molar-refractivity contribution in [2.45, 2.75) is 18.6 Å². The Morgan fingerprint density at radius 1 is 1.80 bits per heavy atom. The maximum Gasteiger partial charge on any atom is 0.265 e. The van der Waals surface area contributed by atoms with Gasteiger partial charge in [-0.2, -0.15) is 4.99 Å². The van der Waals surface area contributed by atoms with Crippen LogP contribution in [0.25, 0.3) is 0 Å². The number of aryl methyl sites for hydroxylation is 1. The summed E-state index contributed by atoms with van der Waals surface area (Å²) in [6, 6.07) is -0.331. The van der Waals surface area contributed by atoms with Gasteiger partial charge in [0.15, 0.2) is 4.80 Å². The standard InChI is InChI=1S/C9H13N3O2S/c1-12-2-3-15-9(12)11-8(14)7-4-6(13)5-10-7/h2-3,6-7,10,13H,4-5H2,1H3. The van der Waals surface area contributed by atoms with Crippen molar-refractivity contribution in [1.82, 2.24) is 9.88 Å². The Kier molecular flexibility index (Phi) is 2.99. The molecule has 5 nitrogen and oxygen atoms in total. The maximum absolute atomic E-state index is 11.7. The molecule has 2 rings (SSSR count). The third-order valence-electron chi connectivity index (χ3n) is 2.37. The predicted molar refractivity (Wildman–Crippen MR) is 56.3 cm³/mol. The minimum Gasteiger partial charge on any atom is -0.392 e. The maximum atomic E-state index is 11.7. The largest absolute Gasteiger partial charge is 0.392 e. The zero-order valence-electron chi connectivity index (χ0n) is 8.38. The SMILES string of the molecule is Cn1ccsc1=NC(=O)C1CC(O)CN1. The molecule has 2 atom stereocenters. The Morgan fingerprint density at radius 3 is 3.13 bits per heavy atom. The lowest BCUT2D eigenvalue weighted by Crippen LogP contribution is -2.31. The number of amides is 1. The zero-order valence-corrected chi connectivity index (χ0v) is 9.20. The van der Waals surface area contributed by atoms with Crippen LogP contribution in [0.4, 0.5) is 0 Å². The van der Waals surface area contributed by atoms with Crippen LogP contribution >= 0.6 is 11.3 Å². The molecule has 1 aliphatic heterocycles. The van der Waals surface area contributed by atoms with E-state index in [-0.39, 0.29) is 11.9 Å². The molecular weight excluding hydrogens is 214 g/mol. The molecule has 15 heavy (non-hydrogen) atoms. The highest BCUT2D eigenvalue weighted by molar-refractivity contribution is 7.07. The topological polar surface area (TPSA) is 66.6 Å². The van der Waals surface area contributed by atoms with Crippen LogP contribution in [0.1, 0.15) is 6.42 Å². The fraction of sp³-hybridized carbons (Fsp3) is 0.556. The molecule has 0 saturated carbocycles. The minimum atomic E-state index is -0.425. The number of carbonyl (C=O) groups is 1. The predicted octanol–water partition coefficient (Wildman–Crippen LogP) is -0.763. The number of aliphatic hydroxyl groups is 1. The first kappa shape index (κ1) is 10.5. The number of nitrogens with one attached hydrogen (secondary N) is 1. The highest BCUT2D eigenvalue weighted by Gasteiger charge is 2.27. The van der Waals surface area contributed by atoms with Crippen LogP contribution in [-0.4, -0.2) is 34.3 Å². The summed E-state index contributed by atoms with van der Waals surface area (Å²) in [4.78, 5) is 16.4. The first-order chi connectivity index (χ1) is 7.16. The van der Waals surface area contributed by atoms with Crippen LogP contribution in [0.15, 0.2) is 16.6 Å². The number of thiazole rings is 1. The van der Waals surface area contributed by atoms with Gasteiger partial charge in [0.25, 0.3) is 5.91 Å². The average Bonchev–Trinajstić information content (AvgIpc) is 2.77. The van der Waals surface area contributed by atoms with E-state index in [1.54, 1.807) is 4.57 Å². The van der Waals surface area contributed by atoms with Crippen molar-refractivity contribution in [1.29, 1.82) is 0 Å². The number of hydrogen-bond acceptors (Lipinski definition) is 4. The third kappa shape index (κ3) is 2.34. The van der Waals surface area contributed by atoms with Crippen LogP contribution in [0.3, 0.4) is 0 Å². The Balaban J connectivity index is 2.13. The van der Waals surface area contributed by atoms with Gasteiger partial charge in [0.1, 0.15) is 0 Å². The number of rotatable bonds is 1. The van der Waals surface area contributed by atoms with E-state index in [2.05, 4.69) is 10.3 Å². The van der Waals surface area contributed by atoms with Gasteiger partial charge in [0.2, 0.25) is 0 Å². The van der Waals surface area contributed by atoms with Gasteiger partial charge in [0.05, 0.1) is 12.1 Å². The number of hydrogen-bond donors (Lipinski definition) is 2. The van der Waals surface area contributed by atoms with Crippen molar-refractivity contribution in [3.63, 3.8) is 0 Å². The molecule has 2 heterocycles. The molecule has 0 radical (unpaired) electrons. The molecule has 2 N–H and O–H groups in total. The van der Waals surface area contributed by atoms with Crippen LogP contribution in [0.2, 0.25) is 0 Å². The van der Waals surface area contributed by atoms with Gasteiger partial charge in [-0.15, -0.1) is 11.3 Å². The summed E-state index contributed by atoms with van der Waals surface area (Å²) < 4.78 is 1.80. The minimum absolute atomic E-state index is 0.204. The van der Waals surface area contributed by atoms with E-state index in [9.17, 15) is 9.90 Å². The summed E-state index contributed by atoms with van der Waals surface area (Å²) in [7, 11) is 1.85. The Morgan fingerprint density at radius 2 is 2.60 bits per heavy atom. The van der Waals surface area contributed by atoms with E-state index < -0.39 is 6.10 Å². The van der Waals surface area contributed by atoms with E-state index in [0.717, 1.165) is 0 Å². The average molecular weight is 227 g/mol. The number of aromatic nitrogens is 1. The van der Waals surface area contributed by atoms with E-state index in [4.69, 9.17) is 0 Å². The second kappa shape index (κ2) is 4.26. The molecule has 1 fully saturated rings. The lowest BCUT2D eigenvalue weighted by molar-refractivity contribution is -0.119. The highest BCUT2D eigenvalue weighted by atomic mass is 32.1. The van der Waals surface area contributed by atoms with E-state index in [0.29, 0.717) is 17.8 Å². The van der Waals surface area contributed by atoms with Crippen molar-refractivity contribution >= 4 is 17.2 Å². The fourth-order valence-corrected chi connectivity index (χ4v) is 2.25. The normalized spacial score (nSPS) is 27.2. The molecule has 82 valence electrons. The second-order valence-electron chi connectivity index (χ2n) is 3.60. The van der Waals surface area contributed by atoms with Gasteiger partial charge in [-0.25, -0.2) is 0 Å². The van der Waals surface area contributed by atoms with Gasteiger partial charge < -0.3 is 15.0 Å². The number of nitrogens with zero attached hydrogens (tertiary/aromatic N) is 2. The molecule has 6 heteroatoms. The van der Waals surface area contributed by atoms with Crippen molar-refractivity contribution in [3.05, 3.63) is 16.4 Å². The van der Waals surface area contributed by atoms with Crippen molar-refractivity contribution < 1.29 is 9.90 Å². The Labute approximate surface area is 91.1 Å². The molecule has 0 spiro atoms. The number of carbonyl (C=O) groups excluding carboxylic acids is 1. The first-order valence-corrected chi connectivity index (χ1v) is 5.65. The smallest absolute Gasteiger partial charge is 0.265 e. The number of β-amino-alcohol motifs (C(OH)–C–C–N with tert-alkyl or cyclic N) is 1. The lowest BCUT2D eigenvalue weighted by atomic mass is 10.2. The Bertz CT molecular complexity index is 423. The fourth-order valence-electron chi connectivity index (χ4n) is 1.51. The van der Waals surface area contributed by atoms with Crippen LogP contribution < -0.4 is 10.1 Å². The summed E-state index contributed by atoms with van der Waals surface area (Å²) in [6.45, 7) is 0.475. The first-order valence-electron chi connectivity index (χ1n) is 4.77. The quantitative estimate of drug-likeness (QED) is 0.662. The van der Waals surface area contributed by atoms with Crippen molar-refractivity contribution in [3.8, 4) is 0 Å². The summed E-state index contributed by atoms with van der Waals surface area (Å²) in [6.07, 6.45) is 1.89. The van der Waals surface area contributed by atoms with Crippen LogP contribution in [-0.2, 0) is 11.8 Å². The van der Waals surface area contributed by atoms with Gasteiger partial charge in [-0.1, -0.05) is 0 Å². The van der Waals surface area contributed by atoms with Gasteiger partial charge in [0, 0.05) is 25.2 Å². The van der Waals surface area contributed by atoms with Gasteiger partial charge in [-0.3, -0.25) is 4.79 Å². The van der Waals surface area contributed by atoms with Crippen molar-refractivity contribution in [2.24, 2.45) is 12.0 Å². The highest BCUT2D eigenvalue weighted by Crippen LogP contribution is 2.07. The molecule has 0 aliphatic carbocycles. The summed E-state index contributed by atoms with van der Waals surface area (Å²) >= 11 is 1.42. The lowest BCUT2D eigenvalue weighted by Gasteiger charge is -2.02. The molecule has 1 aliphatic rings. The number of aliphatic hydroxyl groups excluding tert-OH is 1. The van der Waals surface area contributed by atoms with Gasteiger partial charge in [-0.05, 0) is 6.42 Å². The molecule has 0 bridgehead atoms. The summed E-state index contributed by atoms with van der Waals surface area (Å²) in [5.41, 5.74) is 0. The van der Waals surface area contributed by atoms with E-state index >= 15 is 0 Å².